The Hall–Kier alpha value is -1.53. The van der Waals surface area contributed by atoms with Gasteiger partial charge in [0.15, 0.2) is 0 Å². The number of fused-ring (bicyclic) bond motifs is 5. The first-order valence-electron chi connectivity index (χ1n) is 14.7. The highest BCUT2D eigenvalue weighted by Gasteiger charge is 2.46. The van der Waals surface area contributed by atoms with Gasteiger partial charge in [-0.2, -0.15) is 0 Å². The maximum atomic E-state index is 14.1. The smallest absolute Gasteiger partial charge is 0.304 e. The first-order valence-corrected chi connectivity index (χ1v) is 16.2. The normalized spacial score (nSPS) is 32.5. The third-order valence-corrected chi connectivity index (χ3v) is 11.5. The second kappa shape index (κ2) is 10.6. The molecule has 4 aliphatic rings. The van der Waals surface area contributed by atoms with Crippen LogP contribution in [0.4, 0.5) is 0 Å². The van der Waals surface area contributed by atoms with E-state index >= 15 is 0 Å². The van der Waals surface area contributed by atoms with Crippen molar-refractivity contribution in [1.29, 1.82) is 0 Å². The van der Waals surface area contributed by atoms with Gasteiger partial charge in [-0.15, -0.1) is 0 Å². The number of piperidine rings is 2. The van der Waals surface area contributed by atoms with Gasteiger partial charge in [-0.05, 0) is 82.8 Å². The molecule has 2 aliphatic carbocycles. The van der Waals surface area contributed by atoms with Crippen LogP contribution in [-0.2, 0) is 13.6 Å². The molecule has 4 unspecified atom stereocenters. The summed E-state index contributed by atoms with van der Waals surface area (Å²) in [5.74, 6) is 1.83. The van der Waals surface area contributed by atoms with Crippen molar-refractivity contribution in [2.45, 2.75) is 109 Å². The molecule has 202 valence electrons. The first kappa shape index (κ1) is 25.7. The van der Waals surface area contributed by atoms with Crippen LogP contribution in [0.1, 0.15) is 90.5 Å². The van der Waals surface area contributed by atoms with E-state index in [0.717, 1.165) is 30.2 Å². The topological polar surface area (TPSA) is 73.7 Å². The Morgan fingerprint density at radius 1 is 0.838 bits per heavy atom. The van der Waals surface area contributed by atoms with E-state index in [1.54, 1.807) is 13.8 Å². The predicted molar refractivity (Wildman–Crippen MR) is 147 cm³/mol. The lowest BCUT2D eigenvalue weighted by Crippen LogP contribution is -2.59. The Kier molecular flexibility index (Phi) is 7.34. The fourth-order valence-corrected chi connectivity index (χ4v) is 9.89. The summed E-state index contributed by atoms with van der Waals surface area (Å²) < 4.78 is 26.8. The van der Waals surface area contributed by atoms with Gasteiger partial charge >= 0.3 is 7.60 Å². The van der Waals surface area contributed by atoms with E-state index in [4.69, 9.17) is 9.05 Å². The Morgan fingerprint density at radius 2 is 1.46 bits per heavy atom. The van der Waals surface area contributed by atoms with Gasteiger partial charge in [0.1, 0.15) is 0 Å². The summed E-state index contributed by atoms with van der Waals surface area (Å²) >= 11 is 0. The molecule has 37 heavy (non-hydrogen) atoms. The summed E-state index contributed by atoms with van der Waals surface area (Å²) in [7, 11) is -3.82. The lowest BCUT2D eigenvalue weighted by molar-refractivity contribution is -0.0485. The zero-order chi connectivity index (χ0) is 25.6. The summed E-state index contributed by atoms with van der Waals surface area (Å²) in [6, 6.07) is 9.53. The van der Waals surface area contributed by atoms with E-state index in [1.807, 2.05) is 28.8 Å². The molecule has 2 aromatic rings. The molecule has 3 heterocycles. The summed E-state index contributed by atoms with van der Waals surface area (Å²) in [4.78, 5) is 21.6. The van der Waals surface area contributed by atoms with E-state index in [9.17, 15) is 9.36 Å². The minimum atomic E-state index is -3.82. The van der Waals surface area contributed by atoms with Gasteiger partial charge in [0.25, 0.3) is 5.56 Å². The highest BCUT2D eigenvalue weighted by atomic mass is 31.2. The molecule has 8 heteroatoms. The van der Waals surface area contributed by atoms with E-state index < -0.39 is 7.60 Å². The predicted octanol–water partition coefficient (Wildman–Crippen LogP) is 5.81. The molecule has 0 N–H and O–H groups in total. The van der Waals surface area contributed by atoms with Crippen molar-refractivity contribution in [2.24, 2.45) is 11.8 Å². The van der Waals surface area contributed by atoms with Crippen molar-refractivity contribution in [3.63, 3.8) is 0 Å². The summed E-state index contributed by atoms with van der Waals surface area (Å²) in [5, 5.41) is 0. The van der Waals surface area contributed by atoms with Crippen molar-refractivity contribution in [1.82, 2.24) is 14.5 Å². The Bertz CT molecular complexity index is 1200. The maximum absolute atomic E-state index is 14.1. The highest BCUT2D eigenvalue weighted by Crippen LogP contribution is 2.48. The number of aromatic nitrogens is 2. The molecule has 1 aromatic heterocycles. The lowest BCUT2D eigenvalue weighted by atomic mass is 9.68. The molecule has 0 amide bonds. The Morgan fingerprint density at radius 3 is 2.11 bits per heavy atom. The summed E-state index contributed by atoms with van der Waals surface area (Å²) in [6.45, 7) is 3.91. The van der Waals surface area contributed by atoms with Gasteiger partial charge in [-0.25, -0.2) is 4.98 Å². The molecule has 6 rings (SSSR count). The molecule has 0 radical (unpaired) electrons. The van der Waals surface area contributed by atoms with Crippen LogP contribution in [0.25, 0.3) is 11.0 Å². The minimum Gasteiger partial charge on any atom is -0.304 e. The average Bonchev–Trinajstić information content (AvgIpc) is 2.87. The van der Waals surface area contributed by atoms with E-state index in [-0.39, 0.29) is 30.2 Å². The average molecular weight is 528 g/mol. The van der Waals surface area contributed by atoms with Crippen molar-refractivity contribution in [2.75, 3.05) is 13.2 Å². The third kappa shape index (κ3) is 4.75. The molecule has 2 saturated heterocycles. The van der Waals surface area contributed by atoms with Crippen molar-refractivity contribution >= 4 is 24.1 Å². The summed E-state index contributed by atoms with van der Waals surface area (Å²) in [6.07, 6.45) is 14.0. The maximum Gasteiger partial charge on any atom is 0.385 e. The molecular weight excluding hydrogens is 485 g/mol. The number of hydrogen-bond acceptors (Lipinski definition) is 6. The third-order valence-electron chi connectivity index (χ3n) is 9.53. The quantitative estimate of drug-likeness (QED) is 0.423. The van der Waals surface area contributed by atoms with Gasteiger partial charge in [-0.3, -0.25) is 14.3 Å². The lowest BCUT2D eigenvalue weighted by Gasteiger charge is -2.55. The van der Waals surface area contributed by atoms with Crippen molar-refractivity contribution in [3.8, 4) is 0 Å². The molecule has 2 saturated carbocycles. The van der Waals surface area contributed by atoms with Crippen LogP contribution < -0.4 is 11.0 Å². The number of benzene rings is 1. The Balaban J connectivity index is 1.37. The van der Waals surface area contributed by atoms with Crippen LogP contribution in [-0.4, -0.2) is 45.8 Å². The first-order chi connectivity index (χ1) is 18.0. The minimum absolute atomic E-state index is 0.0606. The fourth-order valence-electron chi connectivity index (χ4n) is 8.32. The molecule has 2 aliphatic heterocycles. The van der Waals surface area contributed by atoms with Crippen molar-refractivity contribution < 1.29 is 13.6 Å². The second-order valence-electron chi connectivity index (χ2n) is 11.8. The van der Waals surface area contributed by atoms with Gasteiger partial charge in [0.05, 0.1) is 24.2 Å². The summed E-state index contributed by atoms with van der Waals surface area (Å²) in [5.41, 5.74) is 1.11. The SMILES string of the molecule is CCOP(=O)(OCC)c1nc2ccccc2n(C2CC3CCCC(C2)N3C2CC3CCCC(C3)C2)c1=O. The second-order valence-corrected chi connectivity index (χ2v) is 13.7. The van der Waals surface area contributed by atoms with Crippen LogP contribution in [0.2, 0.25) is 0 Å². The molecular formula is C29H42N3O4P. The van der Waals surface area contributed by atoms with Crippen LogP contribution in [0, 0.1) is 11.8 Å². The Labute approximate surface area is 220 Å². The van der Waals surface area contributed by atoms with Crippen LogP contribution in [0.5, 0.6) is 0 Å². The number of hydrogen-bond donors (Lipinski definition) is 0. The van der Waals surface area contributed by atoms with Gasteiger partial charge in [-0.1, -0.05) is 37.8 Å². The van der Waals surface area contributed by atoms with Crippen LogP contribution in [0.15, 0.2) is 29.1 Å². The monoisotopic (exact) mass is 527 g/mol. The van der Waals surface area contributed by atoms with Gasteiger partial charge < -0.3 is 13.6 Å². The fraction of sp³-hybridized carbons (Fsp3) is 0.724. The standard InChI is InChI=1S/C29H42N3O4P/c1-3-35-37(34,36-4-2)28-29(33)32(27-14-6-5-13-26(27)30-28)25-18-22-11-8-12-23(19-25)31(22)24-16-20-9-7-10-21(15-20)17-24/h5-6,13-14,20-25H,3-4,7-12,15-19H2,1-2H3. The van der Waals surface area contributed by atoms with Crippen LogP contribution in [0.3, 0.4) is 0 Å². The molecule has 7 nitrogen and oxygen atoms in total. The van der Waals surface area contributed by atoms with Crippen LogP contribution >= 0.6 is 7.60 Å². The van der Waals surface area contributed by atoms with E-state index in [0.29, 0.717) is 23.6 Å². The van der Waals surface area contributed by atoms with E-state index in [1.165, 1.54) is 57.8 Å². The van der Waals surface area contributed by atoms with Crippen molar-refractivity contribution in [3.05, 3.63) is 34.6 Å². The van der Waals surface area contributed by atoms with E-state index in [2.05, 4.69) is 9.88 Å². The highest BCUT2D eigenvalue weighted by molar-refractivity contribution is 7.61. The largest absolute Gasteiger partial charge is 0.385 e. The molecule has 0 spiro atoms. The zero-order valence-corrected chi connectivity index (χ0v) is 23.3. The molecule has 4 bridgehead atoms. The van der Waals surface area contributed by atoms with Gasteiger partial charge in [0.2, 0.25) is 5.44 Å². The zero-order valence-electron chi connectivity index (χ0n) is 22.4. The number of para-hydroxylation sites is 2. The number of nitrogens with zero attached hydrogens (tertiary/aromatic N) is 3. The molecule has 1 aromatic carbocycles. The number of rotatable bonds is 7. The van der Waals surface area contributed by atoms with Gasteiger partial charge in [0, 0.05) is 24.2 Å². The molecule has 4 atom stereocenters. The molecule has 4 fully saturated rings.